The van der Waals surface area contributed by atoms with Gasteiger partial charge in [-0.1, -0.05) is 20.8 Å². The highest BCUT2D eigenvalue weighted by Crippen LogP contribution is 2.30. The number of amides is 1. The molecule has 0 unspecified atom stereocenters. The van der Waals surface area contributed by atoms with Crippen LogP contribution >= 0.6 is 0 Å². The van der Waals surface area contributed by atoms with Crippen LogP contribution in [0.3, 0.4) is 0 Å². The van der Waals surface area contributed by atoms with Crippen molar-refractivity contribution in [1.29, 1.82) is 0 Å². The summed E-state index contributed by atoms with van der Waals surface area (Å²) in [6.07, 6.45) is 4.16. The van der Waals surface area contributed by atoms with Crippen LogP contribution in [0.15, 0.2) is 12.3 Å². The summed E-state index contributed by atoms with van der Waals surface area (Å²) in [5.41, 5.74) is 0.451. The number of pyridine rings is 1. The maximum absolute atomic E-state index is 13.5. The molecule has 1 aromatic rings. The Balaban J connectivity index is 2.23. The Hall–Kier alpha value is -1.65. The highest BCUT2D eigenvalue weighted by molar-refractivity contribution is 5.98. The molecule has 1 saturated heterocycles. The van der Waals surface area contributed by atoms with E-state index in [-0.39, 0.29) is 11.3 Å². The van der Waals surface area contributed by atoms with E-state index in [2.05, 4.69) is 24.1 Å². The molecule has 2 rings (SSSR count). The van der Waals surface area contributed by atoms with Gasteiger partial charge in [0.1, 0.15) is 11.6 Å². The number of carbonyl (C=O) groups is 1. The molecule has 21 heavy (non-hydrogen) atoms. The molecule has 0 saturated carbocycles. The van der Waals surface area contributed by atoms with Gasteiger partial charge in [0.05, 0.1) is 11.8 Å². The van der Waals surface area contributed by atoms with Crippen molar-refractivity contribution < 1.29 is 9.18 Å². The maximum Gasteiger partial charge on any atom is 0.257 e. The van der Waals surface area contributed by atoms with Gasteiger partial charge in [-0.3, -0.25) is 4.79 Å². The van der Waals surface area contributed by atoms with Crippen molar-refractivity contribution in [2.75, 3.05) is 25.0 Å². The van der Waals surface area contributed by atoms with E-state index in [4.69, 9.17) is 0 Å². The van der Waals surface area contributed by atoms with Gasteiger partial charge >= 0.3 is 0 Å². The molecule has 2 heterocycles. The fourth-order valence-corrected chi connectivity index (χ4v) is 2.75. The second-order valence-electron chi connectivity index (χ2n) is 6.47. The van der Waals surface area contributed by atoms with Gasteiger partial charge in [-0.2, -0.15) is 0 Å². The topological polar surface area (TPSA) is 45.2 Å². The minimum atomic E-state index is -0.475. The number of anilines is 1. The Morgan fingerprint density at radius 2 is 2.29 bits per heavy atom. The smallest absolute Gasteiger partial charge is 0.257 e. The third kappa shape index (κ3) is 3.93. The summed E-state index contributed by atoms with van der Waals surface area (Å²) in [5, 5.41) is 3.11. The van der Waals surface area contributed by atoms with Gasteiger partial charge in [0, 0.05) is 19.6 Å². The second kappa shape index (κ2) is 6.41. The van der Waals surface area contributed by atoms with E-state index in [1.807, 2.05) is 11.8 Å². The SMILES string of the molecule is CCCNc1ncc(F)cc1C(=O)N1CCCC(C)(C)C1. The van der Waals surface area contributed by atoms with E-state index in [1.54, 1.807) is 0 Å². The highest BCUT2D eigenvalue weighted by Gasteiger charge is 2.30. The number of aromatic nitrogens is 1. The van der Waals surface area contributed by atoms with Crippen molar-refractivity contribution in [2.24, 2.45) is 5.41 Å². The molecule has 0 bridgehead atoms. The number of nitrogens with one attached hydrogen (secondary N) is 1. The fraction of sp³-hybridized carbons (Fsp3) is 0.625. The quantitative estimate of drug-likeness (QED) is 0.926. The number of nitrogens with zero attached hydrogens (tertiary/aromatic N) is 2. The van der Waals surface area contributed by atoms with Crippen molar-refractivity contribution in [1.82, 2.24) is 9.88 Å². The van der Waals surface area contributed by atoms with Gasteiger partial charge in [0.25, 0.3) is 5.91 Å². The Bertz CT molecular complexity index is 516. The zero-order valence-corrected chi connectivity index (χ0v) is 13.1. The summed E-state index contributed by atoms with van der Waals surface area (Å²) in [4.78, 5) is 18.6. The summed E-state index contributed by atoms with van der Waals surface area (Å²) < 4.78 is 13.5. The molecule has 116 valence electrons. The minimum absolute atomic E-state index is 0.117. The lowest BCUT2D eigenvalue weighted by molar-refractivity contribution is 0.0583. The molecule has 1 aliphatic rings. The monoisotopic (exact) mass is 293 g/mol. The van der Waals surface area contributed by atoms with E-state index in [9.17, 15) is 9.18 Å². The van der Waals surface area contributed by atoms with E-state index < -0.39 is 5.82 Å². The van der Waals surface area contributed by atoms with E-state index in [0.717, 1.165) is 32.0 Å². The third-order valence-corrected chi connectivity index (χ3v) is 3.81. The number of carbonyl (C=O) groups excluding carboxylic acids is 1. The molecule has 0 radical (unpaired) electrons. The summed E-state index contributed by atoms with van der Waals surface area (Å²) >= 11 is 0. The van der Waals surface area contributed by atoms with Crippen LogP contribution in [-0.4, -0.2) is 35.4 Å². The lowest BCUT2D eigenvalue weighted by Gasteiger charge is -2.38. The Morgan fingerprint density at radius 3 is 2.95 bits per heavy atom. The second-order valence-corrected chi connectivity index (χ2v) is 6.47. The average Bonchev–Trinajstić information content (AvgIpc) is 2.44. The Morgan fingerprint density at radius 1 is 1.52 bits per heavy atom. The van der Waals surface area contributed by atoms with Gasteiger partial charge < -0.3 is 10.2 Å². The first kappa shape index (κ1) is 15.7. The molecule has 0 aliphatic carbocycles. The molecular formula is C16H24FN3O. The van der Waals surface area contributed by atoms with Gasteiger partial charge in [-0.05, 0) is 30.7 Å². The van der Waals surface area contributed by atoms with Gasteiger partial charge in [-0.25, -0.2) is 9.37 Å². The number of piperidine rings is 1. The van der Waals surface area contributed by atoms with Gasteiger partial charge in [0.15, 0.2) is 0 Å². The van der Waals surface area contributed by atoms with Crippen molar-refractivity contribution >= 4 is 11.7 Å². The normalized spacial score (nSPS) is 17.6. The predicted molar refractivity (Wildman–Crippen MR) is 81.9 cm³/mol. The molecule has 4 nitrogen and oxygen atoms in total. The number of likely N-dealkylation sites (tertiary alicyclic amines) is 1. The zero-order valence-electron chi connectivity index (χ0n) is 13.1. The molecule has 0 spiro atoms. The van der Waals surface area contributed by atoms with Crippen LogP contribution < -0.4 is 5.32 Å². The lowest BCUT2D eigenvalue weighted by Crippen LogP contribution is -2.43. The largest absolute Gasteiger partial charge is 0.369 e. The summed E-state index contributed by atoms with van der Waals surface area (Å²) in [6.45, 7) is 8.50. The zero-order chi connectivity index (χ0) is 15.5. The average molecular weight is 293 g/mol. The standard InChI is InChI=1S/C16H24FN3O/c1-4-7-18-14-13(9-12(17)10-19-14)15(21)20-8-5-6-16(2,3)11-20/h9-10H,4-8,11H2,1-3H3,(H,18,19). The van der Waals surface area contributed by atoms with Crippen molar-refractivity contribution in [3.8, 4) is 0 Å². The van der Waals surface area contributed by atoms with Crippen LogP contribution in [-0.2, 0) is 0 Å². The van der Waals surface area contributed by atoms with Gasteiger partial charge in [0.2, 0.25) is 0 Å². The van der Waals surface area contributed by atoms with E-state index in [0.29, 0.717) is 24.5 Å². The van der Waals surface area contributed by atoms with Crippen LogP contribution in [0.2, 0.25) is 0 Å². The lowest BCUT2D eigenvalue weighted by atomic mass is 9.84. The van der Waals surface area contributed by atoms with Crippen LogP contribution in [0.25, 0.3) is 0 Å². The van der Waals surface area contributed by atoms with E-state index >= 15 is 0 Å². The predicted octanol–water partition coefficient (Wildman–Crippen LogP) is 3.30. The first-order valence-corrected chi connectivity index (χ1v) is 7.61. The maximum atomic E-state index is 13.5. The van der Waals surface area contributed by atoms with E-state index in [1.165, 1.54) is 6.07 Å². The number of rotatable bonds is 4. The van der Waals surface area contributed by atoms with Crippen molar-refractivity contribution in [2.45, 2.75) is 40.0 Å². The number of halogens is 1. The first-order chi connectivity index (χ1) is 9.93. The van der Waals surface area contributed by atoms with Crippen LogP contribution in [0.1, 0.15) is 50.4 Å². The molecule has 1 N–H and O–H groups in total. The highest BCUT2D eigenvalue weighted by atomic mass is 19.1. The summed E-state index contributed by atoms with van der Waals surface area (Å²) in [5.74, 6) is -0.128. The molecule has 1 aliphatic heterocycles. The molecule has 0 aromatic carbocycles. The molecule has 0 atom stereocenters. The molecule has 1 aromatic heterocycles. The minimum Gasteiger partial charge on any atom is -0.369 e. The summed E-state index contributed by atoms with van der Waals surface area (Å²) in [6, 6.07) is 1.29. The summed E-state index contributed by atoms with van der Waals surface area (Å²) in [7, 11) is 0. The van der Waals surface area contributed by atoms with Gasteiger partial charge in [-0.15, -0.1) is 0 Å². The fourth-order valence-electron chi connectivity index (χ4n) is 2.75. The van der Waals surface area contributed by atoms with Crippen LogP contribution in [0.5, 0.6) is 0 Å². The Labute approximate surface area is 125 Å². The Kier molecular flexibility index (Phi) is 4.80. The van der Waals surface area contributed by atoms with Crippen LogP contribution in [0, 0.1) is 11.2 Å². The number of hydrogen-bond acceptors (Lipinski definition) is 3. The molecule has 1 amide bonds. The van der Waals surface area contributed by atoms with Crippen molar-refractivity contribution in [3.63, 3.8) is 0 Å². The molecular weight excluding hydrogens is 269 g/mol. The number of hydrogen-bond donors (Lipinski definition) is 1. The third-order valence-electron chi connectivity index (χ3n) is 3.81. The van der Waals surface area contributed by atoms with Crippen LogP contribution in [0.4, 0.5) is 10.2 Å². The molecule has 1 fully saturated rings. The van der Waals surface area contributed by atoms with Crippen molar-refractivity contribution in [3.05, 3.63) is 23.6 Å². The molecule has 5 heteroatoms. The first-order valence-electron chi connectivity index (χ1n) is 7.61.